The Bertz CT molecular complexity index is 11.6. The summed E-state index contributed by atoms with van der Waals surface area (Å²) < 4.78 is 0. The summed E-state index contributed by atoms with van der Waals surface area (Å²) in [4.78, 5) is 0. The van der Waals surface area contributed by atoms with Gasteiger partial charge in [-0.1, -0.05) is 0 Å². The Morgan fingerprint density at radius 3 is 1.50 bits per heavy atom. The summed E-state index contributed by atoms with van der Waals surface area (Å²) in [6.07, 6.45) is 0. The van der Waals surface area contributed by atoms with Crippen LogP contribution in [0.15, 0.2) is 0 Å². The van der Waals surface area contributed by atoms with E-state index in [-0.39, 0.29) is 39.8 Å². The first-order chi connectivity index (χ1) is 1.00. The molecule has 0 radical (unpaired) electrons. The number of hydrogen-bond donors (Lipinski definition) is 0. The van der Waals surface area contributed by atoms with Crippen molar-refractivity contribution in [3.63, 3.8) is 0 Å². The Hall–Kier alpha value is 2.32. The van der Waals surface area contributed by atoms with E-state index in [2.05, 4.69) is 8.86 Å². The van der Waals surface area contributed by atoms with Crippen molar-refractivity contribution in [1.82, 2.24) is 0 Å². The van der Waals surface area contributed by atoms with E-state index in [1.807, 2.05) is 0 Å². The molecule has 4 heteroatoms. The first-order valence-electron chi connectivity index (χ1n) is 0.204. The van der Waals surface area contributed by atoms with Gasteiger partial charge >= 0.3 is 50.4 Å². The van der Waals surface area contributed by atoms with E-state index >= 15 is 0 Å². The van der Waals surface area contributed by atoms with Crippen molar-refractivity contribution in [1.29, 1.82) is 0 Å². The second kappa shape index (κ2) is 18.4. The Morgan fingerprint density at radius 2 is 1.50 bits per heavy atom. The topological polar surface area (TPSA) is 0 Å². The van der Waals surface area contributed by atoms with Crippen LogP contribution in [0.5, 0.6) is 0 Å². The summed E-state index contributed by atoms with van der Waals surface area (Å²) >= 11 is 1.13. The molecule has 0 N–H and O–H groups in total. The van der Waals surface area contributed by atoms with Crippen LogP contribution >= 0.6 is 8.86 Å². The average molecular weight is 197 g/mol. The molecule has 0 amide bonds. The molecule has 0 nitrogen and oxygen atoms in total. The van der Waals surface area contributed by atoms with Crippen molar-refractivity contribution in [2.45, 2.75) is 0 Å². The first kappa shape index (κ1) is 16.2. The first-order valence-corrected chi connectivity index (χ1v) is 3.62. The zero-order valence-electron chi connectivity index (χ0n) is 3.62. The molecule has 0 rings (SSSR count). The van der Waals surface area contributed by atoms with Crippen LogP contribution < -0.4 is 18.9 Å². The molecule has 0 aromatic carbocycles. The molecule has 0 heterocycles. The van der Waals surface area contributed by atoms with Gasteiger partial charge in [0.15, 0.2) is 0 Å². The third-order valence-corrected chi connectivity index (χ3v) is 0. The summed E-state index contributed by atoms with van der Waals surface area (Å²) in [7, 11) is 4.17. The minimum absolute atomic E-state index is 0. The third kappa shape index (κ3) is 8.85. The summed E-state index contributed by atoms with van der Waals surface area (Å²) in [6, 6.07) is 0. The SMILES string of the molecule is [H-].[Li+].[S]=[Zr].[Zn]. The third-order valence-electron chi connectivity index (χ3n) is 0. The number of hydrogen-bond acceptors (Lipinski definition) is 1. The fourth-order valence-corrected chi connectivity index (χ4v) is 0. The maximum atomic E-state index is 4.17. The molecule has 0 aromatic rings. The predicted octanol–water partition coefficient (Wildman–Crippen LogP) is -2.24. The van der Waals surface area contributed by atoms with Crippen molar-refractivity contribution in [3.8, 4) is 0 Å². The molecule has 0 saturated carbocycles. The fourth-order valence-electron chi connectivity index (χ4n) is 0. The minimum Gasteiger partial charge on any atom is 0 e. The van der Waals surface area contributed by atoms with Crippen molar-refractivity contribution < 1.29 is 62.4 Å². The van der Waals surface area contributed by atoms with Gasteiger partial charge in [0, 0.05) is 19.5 Å². The molecule has 0 aliphatic rings. The molecule has 0 aliphatic carbocycles. The molecule has 4 heavy (non-hydrogen) atoms. The van der Waals surface area contributed by atoms with Crippen LogP contribution in [0, 0.1) is 0 Å². The summed E-state index contributed by atoms with van der Waals surface area (Å²) in [5.41, 5.74) is 0. The predicted molar refractivity (Wildman–Crippen MR) is 8.70 cm³/mol. The van der Waals surface area contributed by atoms with Gasteiger partial charge in [0.1, 0.15) is 0 Å². The van der Waals surface area contributed by atoms with Crippen LogP contribution in [0.3, 0.4) is 0 Å². The van der Waals surface area contributed by atoms with Crippen LogP contribution in [0.25, 0.3) is 0 Å². The zero-order valence-corrected chi connectivity index (χ0v) is 8.86. The second-order valence-corrected chi connectivity index (χ2v) is 0. The molecule has 0 spiro atoms. The smallest absolute Gasteiger partial charge is 0 e. The van der Waals surface area contributed by atoms with E-state index in [4.69, 9.17) is 0 Å². The van der Waals surface area contributed by atoms with Crippen molar-refractivity contribution in [3.05, 3.63) is 0 Å². The fraction of sp³-hybridized carbons (Fsp3) is 0. The molecule has 14 valence electrons. The molecule has 0 bridgehead atoms. The standard InChI is InChI=1S/Li.S.Zn.Zr.H/q+1;;;;-1. The Morgan fingerprint density at radius 1 is 1.50 bits per heavy atom. The van der Waals surface area contributed by atoms with Crippen molar-refractivity contribution >= 4 is 8.86 Å². The molecule has 0 aliphatic heterocycles. The van der Waals surface area contributed by atoms with E-state index in [9.17, 15) is 0 Å². The summed E-state index contributed by atoms with van der Waals surface area (Å²) in [6.45, 7) is 0. The van der Waals surface area contributed by atoms with E-state index in [0.29, 0.717) is 0 Å². The van der Waals surface area contributed by atoms with Crippen LogP contribution in [-0.2, 0) is 42.2 Å². The van der Waals surface area contributed by atoms with Gasteiger partial charge in [-0.05, 0) is 0 Å². The van der Waals surface area contributed by atoms with Gasteiger partial charge in [-0.25, -0.2) is 0 Å². The molecule has 0 unspecified atom stereocenters. The van der Waals surface area contributed by atoms with E-state index in [1.54, 1.807) is 0 Å². The molecular formula is HLiSZnZr. The largest absolute Gasteiger partial charge is 0 e. The summed E-state index contributed by atoms with van der Waals surface area (Å²) in [5.74, 6) is 0. The van der Waals surface area contributed by atoms with Gasteiger partial charge in [0.05, 0.1) is 0 Å². The van der Waals surface area contributed by atoms with Gasteiger partial charge < -0.3 is 1.43 Å². The van der Waals surface area contributed by atoms with Gasteiger partial charge in [-0.2, -0.15) is 0 Å². The maximum absolute atomic E-state index is 4.17. The maximum Gasteiger partial charge on any atom is 0 e. The van der Waals surface area contributed by atoms with E-state index in [1.165, 1.54) is 0 Å². The number of rotatable bonds is 0. The molecular weight excluding hydrogens is 196 g/mol. The molecule has 0 aromatic heterocycles. The van der Waals surface area contributed by atoms with Crippen LogP contribution in [0.1, 0.15) is 1.43 Å². The normalized spacial score (nSPS) is 0.750. The zero-order chi connectivity index (χ0) is 2.00. The van der Waals surface area contributed by atoms with Crippen LogP contribution in [0.4, 0.5) is 0 Å². The Balaban J connectivity index is -0.00000000167. The van der Waals surface area contributed by atoms with Crippen LogP contribution in [0.2, 0.25) is 0 Å². The Kier molecular flexibility index (Phi) is 74.8. The van der Waals surface area contributed by atoms with Crippen molar-refractivity contribution in [2.75, 3.05) is 0 Å². The van der Waals surface area contributed by atoms with E-state index in [0.717, 1.165) is 22.7 Å². The van der Waals surface area contributed by atoms with Crippen molar-refractivity contribution in [2.24, 2.45) is 0 Å². The molecule has 0 atom stereocenters. The van der Waals surface area contributed by atoms with Gasteiger partial charge in [-0.15, -0.1) is 0 Å². The minimum atomic E-state index is 0. The molecule has 0 fully saturated rings. The second-order valence-electron chi connectivity index (χ2n) is 0. The molecule has 0 saturated heterocycles. The van der Waals surface area contributed by atoms with Gasteiger partial charge in [0.2, 0.25) is 0 Å². The van der Waals surface area contributed by atoms with Crippen LogP contribution in [-0.4, -0.2) is 0 Å². The monoisotopic (exact) mass is 194 g/mol. The van der Waals surface area contributed by atoms with Gasteiger partial charge in [-0.3, -0.25) is 0 Å². The van der Waals surface area contributed by atoms with E-state index < -0.39 is 0 Å². The average Bonchev–Trinajstić information content (AvgIpc) is 1.00. The summed E-state index contributed by atoms with van der Waals surface area (Å²) in [5, 5.41) is 0. The van der Waals surface area contributed by atoms with Gasteiger partial charge in [0.25, 0.3) is 0 Å². The Labute approximate surface area is 70.3 Å². The quantitative estimate of drug-likeness (QED) is 0.395.